The van der Waals surface area contributed by atoms with E-state index in [2.05, 4.69) is 29.4 Å². The summed E-state index contributed by atoms with van der Waals surface area (Å²) in [6.07, 6.45) is 0.863. The summed E-state index contributed by atoms with van der Waals surface area (Å²) in [7, 11) is 0. The van der Waals surface area contributed by atoms with Crippen LogP contribution in [-0.4, -0.2) is 11.5 Å². The summed E-state index contributed by atoms with van der Waals surface area (Å²) in [6.45, 7) is 2.77. The number of benzene rings is 1. The smallest absolute Gasteiger partial charge is 0.123 e. The lowest BCUT2D eigenvalue weighted by atomic mass is 10.1. The molecule has 78 valence electrons. The molecule has 3 heteroatoms. The van der Waals surface area contributed by atoms with E-state index in [0.717, 1.165) is 17.1 Å². The van der Waals surface area contributed by atoms with Crippen molar-refractivity contribution in [2.75, 3.05) is 6.54 Å². The third-order valence-electron chi connectivity index (χ3n) is 2.33. The minimum Gasteiger partial charge on any atom is -0.330 e. The van der Waals surface area contributed by atoms with Crippen LogP contribution in [0.2, 0.25) is 0 Å². The van der Waals surface area contributed by atoms with Crippen molar-refractivity contribution in [3.8, 4) is 10.6 Å². The SMILES string of the molecule is Cc1ccccc1-c1nc(CCN)cs1. The lowest BCUT2D eigenvalue weighted by Crippen LogP contribution is -2.02. The molecule has 0 aliphatic heterocycles. The van der Waals surface area contributed by atoms with Crippen LogP contribution in [0.5, 0.6) is 0 Å². The summed E-state index contributed by atoms with van der Waals surface area (Å²) in [5.74, 6) is 0. The lowest BCUT2D eigenvalue weighted by Gasteiger charge is -2.00. The maximum Gasteiger partial charge on any atom is 0.123 e. The van der Waals surface area contributed by atoms with Crippen LogP contribution in [0.15, 0.2) is 29.6 Å². The average molecular weight is 218 g/mol. The van der Waals surface area contributed by atoms with E-state index in [1.807, 2.05) is 12.1 Å². The molecule has 0 aliphatic rings. The van der Waals surface area contributed by atoms with Gasteiger partial charge in [0.2, 0.25) is 0 Å². The zero-order chi connectivity index (χ0) is 10.7. The number of hydrogen-bond acceptors (Lipinski definition) is 3. The largest absolute Gasteiger partial charge is 0.330 e. The van der Waals surface area contributed by atoms with E-state index < -0.39 is 0 Å². The first-order valence-electron chi connectivity index (χ1n) is 5.01. The quantitative estimate of drug-likeness (QED) is 0.860. The Hall–Kier alpha value is -1.19. The van der Waals surface area contributed by atoms with Gasteiger partial charge in [0, 0.05) is 17.4 Å². The average Bonchev–Trinajstić information content (AvgIpc) is 2.68. The molecule has 0 saturated heterocycles. The molecular weight excluding hydrogens is 204 g/mol. The van der Waals surface area contributed by atoms with E-state index in [4.69, 9.17) is 5.73 Å². The number of thiazole rings is 1. The summed E-state index contributed by atoms with van der Waals surface area (Å²) in [4.78, 5) is 4.57. The van der Waals surface area contributed by atoms with Gasteiger partial charge in [-0.25, -0.2) is 4.98 Å². The highest BCUT2D eigenvalue weighted by Gasteiger charge is 2.05. The van der Waals surface area contributed by atoms with Gasteiger partial charge in [0.15, 0.2) is 0 Å². The fourth-order valence-electron chi connectivity index (χ4n) is 1.51. The molecule has 0 saturated carbocycles. The van der Waals surface area contributed by atoms with E-state index in [0.29, 0.717) is 6.54 Å². The summed E-state index contributed by atoms with van der Waals surface area (Å²) < 4.78 is 0. The molecule has 15 heavy (non-hydrogen) atoms. The van der Waals surface area contributed by atoms with Crippen LogP contribution >= 0.6 is 11.3 Å². The van der Waals surface area contributed by atoms with Crippen LogP contribution in [0.25, 0.3) is 10.6 Å². The number of nitrogens with two attached hydrogens (primary N) is 1. The second kappa shape index (κ2) is 4.55. The molecule has 2 N–H and O–H groups in total. The van der Waals surface area contributed by atoms with Gasteiger partial charge >= 0.3 is 0 Å². The lowest BCUT2D eigenvalue weighted by molar-refractivity contribution is 0.936. The highest BCUT2D eigenvalue weighted by Crippen LogP contribution is 2.26. The van der Waals surface area contributed by atoms with Crippen molar-refractivity contribution >= 4 is 11.3 Å². The maximum atomic E-state index is 5.50. The number of rotatable bonds is 3. The first-order valence-corrected chi connectivity index (χ1v) is 5.89. The van der Waals surface area contributed by atoms with Gasteiger partial charge in [-0.05, 0) is 19.0 Å². The Morgan fingerprint density at radius 2 is 2.13 bits per heavy atom. The van der Waals surface area contributed by atoms with Gasteiger partial charge < -0.3 is 5.73 Å². The molecule has 1 aromatic heterocycles. The number of aromatic nitrogens is 1. The second-order valence-corrected chi connectivity index (χ2v) is 4.36. The Morgan fingerprint density at radius 1 is 1.33 bits per heavy atom. The second-order valence-electron chi connectivity index (χ2n) is 3.50. The third kappa shape index (κ3) is 2.25. The fraction of sp³-hybridized carbons (Fsp3) is 0.250. The molecule has 0 spiro atoms. The van der Waals surface area contributed by atoms with Gasteiger partial charge in [0.25, 0.3) is 0 Å². The van der Waals surface area contributed by atoms with Gasteiger partial charge in [-0.15, -0.1) is 11.3 Å². The number of hydrogen-bond donors (Lipinski definition) is 1. The van der Waals surface area contributed by atoms with Crippen molar-refractivity contribution in [3.63, 3.8) is 0 Å². The summed E-state index contributed by atoms with van der Waals surface area (Å²) in [5, 5.41) is 3.19. The number of nitrogens with zero attached hydrogens (tertiary/aromatic N) is 1. The van der Waals surface area contributed by atoms with E-state index in [9.17, 15) is 0 Å². The number of aryl methyl sites for hydroxylation is 1. The highest BCUT2D eigenvalue weighted by atomic mass is 32.1. The van der Waals surface area contributed by atoms with Crippen LogP contribution in [0.1, 0.15) is 11.3 Å². The standard InChI is InChI=1S/C12H14N2S/c1-9-4-2-3-5-11(9)12-14-10(6-7-13)8-15-12/h2-5,8H,6-7,13H2,1H3. The zero-order valence-corrected chi connectivity index (χ0v) is 9.55. The molecular formula is C12H14N2S. The predicted octanol–water partition coefficient (Wildman–Crippen LogP) is 2.62. The van der Waals surface area contributed by atoms with Crippen molar-refractivity contribution < 1.29 is 0 Å². The monoisotopic (exact) mass is 218 g/mol. The van der Waals surface area contributed by atoms with Gasteiger partial charge in [-0.1, -0.05) is 24.3 Å². The molecule has 0 aliphatic carbocycles. The van der Waals surface area contributed by atoms with Gasteiger partial charge in [-0.3, -0.25) is 0 Å². The zero-order valence-electron chi connectivity index (χ0n) is 8.73. The van der Waals surface area contributed by atoms with Gasteiger partial charge in [-0.2, -0.15) is 0 Å². The van der Waals surface area contributed by atoms with Crippen LogP contribution in [0.4, 0.5) is 0 Å². The molecule has 2 aromatic rings. The fourth-order valence-corrected chi connectivity index (χ4v) is 2.45. The normalized spacial score (nSPS) is 10.5. The topological polar surface area (TPSA) is 38.9 Å². The molecule has 0 fully saturated rings. The Kier molecular flexibility index (Phi) is 3.14. The molecule has 2 rings (SSSR count). The van der Waals surface area contributed by atoms with Crippen molar-refractivity contribution in [2.24, 2.45) is 5.73 Å². The van der Waals surface area contributed by atoms with Crippen molar-refractivity contribution in [2.45, 2.75) is 13.3 Å². The van der Waals surface area contributed by atoms with Crippen molar-refractivity contribution in [3.05, 3.63) is 40.9 Å². The minimum absolute atomic E-state index is 0.664. The Bertz CT molecular complexity index is 448. The van der Waals surface area contributed by atoms with Crippen molar-refractivity contribution in [1.82, 2.24) is 4.98 Å². The van der Waals surface area contributed by atoms with Crippen LogP contribution in [0.3, 0.4) is 0 Å². The van der Waals surface area contributed by atoms with E-state index in [-0.39, 0.29) is 0 Å². The first kappa shape index (κ1) is 10.3. The van der Waals surface area contributed by atoms with Gasteiger partial charge in [0.1, 0.15) is 5.01 Å². The molecule has 0 bridgehead atoms. The highest BCUT2D eigenvalue weighted by molar-refractivity contribution is 7.13. The summed E-state index contributed by atoms with van der Waals surface area (Å²) >= 11 is 1.69. The summed E-state index contributed by atoms with van der Waals surface area (Å²) in [5.41, 5.74) is 9.10. The molecule has 0 atom stereocenters. The molecule has 0 radical (unpaired) electrons. The third-order valence-corrected chi connectivity index (χ3v) is 3.25. The van der Waals surface area contributed by atoms with E-state index in [1.54, 1.807) is 11.3 Å². The van der Waals surface area contributed by atoms with E-state index in [1.165, 1.54) is 11.1 Å². The van der Waals surface area contributed by atoms with Crippen molar-refractivity contribution in [1.29, 1.82) is 0 Å². The summed E-state index contributed by atoms with van der Waals surface area (Å²) in [6, 6.07) is 8.32. The molecule has 1 aromatic carbocycles. The molecule has 2 nitrogen and oxygen atoms in total. The Morgan fingerprint density at radius 3 is 2.87 bits per heavy atom. The van der Waals surface area contributed by atoms with Crippen LogP contribution in [-0.2, 0) is 6.42 Å². The first-order chi connectivity index (χ1) is 7.31. The molecule has 0 unspecified atom stereocenters. The van der Waals surface area contributed by atoms with Crippen LogP contribution in [0, 0.1) is 6.92 Å². The Balaban J connectivity index is 2.33. The maximum absolute atomic E-state index is 5.50. The van der Waals surface area contributed by atoms with E-state index >= 15 is 0 Å². The Labute approximate surface area is 93.8 Å². The van der Waals surface area contributed by atoms with Gasteiger partial charge in [0.05, 0.1) is 5.69 Å². The minimum atomic E-state index is 0.664. The van der Waals surface area contributed by atoms with Crippen LogP contribution < -0.4 is 5.73 Å². The molecule has 0 amide bonds. The molecule has 1 heterocycles. The predicted molar refractivity (Wildman–Crippen MR) is 65.0 cm³/mol.